The molecule has 0 radical (unpaired) electrons. The van der Waals surface area contributed by atoms with E-state index in [2.05, 4.69) is 5.10 Å². The summed E-state index contributed by atoms with van der Waals surface area (Å²) in [6, 6.07) is 14.4. The second-order valence-electron chi connectivity index (χ2n) is 4.86. The molecule has 0 aliphatic heterocycles. The van der Waals surface area contributed by atoms with E-state index in [1.807, 2.05) is 24.3 Å². The second-order valence-corrected chi connectivity index (χ2v) is 7.65. The first kappa shape index (κ1) is 16.5. The van der Waals surface area contributed by atoms with E-state index >= 15 is 0 Å². The lowest BCUT2D eigenvalue weighted by Gasteiger charge is -2.08. The summed E-state index contributed by atoms with van der Waals surface area (Å²) in [6.07, 6.45) is 0. The molecule has 0 unspecified atom stereocenters. The van der Waals surface area contributed by atoms with Crippen molar-refractivity contribution in [1.29, 1.82) is 0 Å². The van der Waals surface area contributed by atoms with Gasteiger partial charge in [0.05, 0.1) is 11.5 Å². The van der Waals surface area contributed by atoms with Crippen LogP contribution in [0.15, 0.2) is 53.6 Å². The van der Waals surface area contributed by atoms with Crippen molar-refractivity contribution in [1.82, 2.24) is 0 Å². The first-order chi connectivity index (χ1) is 10.4. The van der Waals surface area contributed by atoms with Crippen LogP contribution in [0, 0.1) is 0 Å². The monoisotopic (exact) mass is 336 g/mol. The summed E-state index contributed by atoms with van der Waals surface area (Å²) in [4.78, 5) is 0. The van der Waals surface area contributed by atoms with Crippen molar-refractivity contribution in [3.05, 3.63) is 70.2 Å². The summed E-state index contributed by atoms with van der Waals surface area (Å²) < 4.78 is 23.3. The number of benzene rings is 2. The molecule has 0 atom stereocenters. The van der Waals surface area contributed by atoms with Crippen molar-refractivity contribution in [2.24, 2.45) is 10.9 Å². The van der Waals surface area contributed by atoms with Gasteiger partial charge in [0.25, 0.3) is 0 Å². The minimum absolute atomic E-state index is 0.0415. The predicted octanol–water partition coefficient (Wildman–Crippen LogP) is 2.99. The SMILES string of the molecule is CCS(=O)(=O)Cc1ccc(C(=NN)c2ccc(Cl)cc2)cc1. The Labute approximate surface area is 135 Å². The Bertz CT molecular complexity index is 767. The normalized spacial score (nSPS) is 12.4. The molecule has 2 N–H and O–H groups in total. The average molecular weight is 337 g/mol. The van der Waals surface area contributed by atoms with Gasteiger partial charge in [-0.3, -0.25) is 0 Å². The van der Waals surface area contributed by atoms with E-state index in [1.54, 1.807) is 31.2 Å². The van der Waals surface area contributed by atoms with E-state index in [-0.39, 0.29) is 11.5 Å². The Morgan fingerprint density at radius 3 is 2.00 bits per heavy atom. The summed E-state index contributed by atoms with van der Waals surface area (Å²) in [5.74, 6) is 5.67. The molecular formula is C16H17ClN2O2S. The lowest BCUT2D eigenvalue weighted by Crippen LogP contribution is -2.08. The summed E-state index contributed by atoms with van der Waals surface area (Å²) in [6.45, 7) is 1.64. The van der Waals surface area contributed by atoms with E-state index < -0.39 is 9.84 Å². The molecule has 0 aromatic heterocycles. The van der Waals surface area contributed by atoms with Crippen molar-refractivity contribution in [3.63, 3.8) is 0 Å². The predicted molar refractivity (Wildman–Crippen MR) is 90.9 cm³/mol. The van der Waals surface area contributed by atoms with Gasteiger partial charge in [0.15, 0.2) is 9.84 Å². The zero-order valence-corrected chi connectivity index (χ0v) is 13.7. The molecule has 0 saturated heterocycles. The van der Waals surface area contributed by atoms with Crippen LogP contribution < -0.4 is 5.84 Å². The molecule has 0 bridgehead atoms. The maximum atomic E-state index is 11.6. The molecule has 0 spiro atoms. The van der Waals surface area contributed by atoms with Gasteiger partial charge in [-0.15, -0.1) is 0 Å². The maximum Gasteiger partial charge on any atom is 0.154 e. The van der Waals surface area contributed by atoms with Crippen molar-refractivity contribution in [3.8, 4) is 0 Å². The number of nitrogens with two attached hydrogens (primary N) is 1. The lowest BCUT2D eigenvalue weighted by molar-refractivity contribution is 0.596. The molecule has 0 amide bonds. The van der Waals surface area contributed by atoms with Crippen LogP contribution >= 0.6 is 11.6 Å². The van der Waals surface area contributed by atoms with Crippen LogP contribution in [-0.2, 0) is 15.6 Å². The van der Waals surface area contributed by atoms with E-state index in [4.69, 9.17) is 17.4 Å². The van der Waals surface area contributed by atoms with E-state index in [9.17, 15) is 8.42 Å². The van der Waals surface area contributed by atoms with Crippen molar-refractivity contribution in [2.75, 3.05) is 5.75 Å². The standard InChI is InChI=1S/C16H17ClN2O2S/c1-2-22(20,21)11-12-3-5-13(6-4-12)16(19-18)14-7-9-15(17)10-8-14/h3-10H,2,11,18H2,1H3. The fourth-order valence-electron chi connectivity index (χ4n) is 2.04. The summed E-state index contributed by atoms with van der Waals surface area (Å²) >= 11 is 5.87. The number of rotatable bonds is 5. The number of hydrogen-bond donors (Lipinski definition) is 1. The Morgan fingerprint density at radius 2 is 1.55 bits per heavy atom. The molecule has 0 aliphatic rings. The fraction of sp³-hybridized carbons (Fsp3) is 0.188. The number of hydrogen-bond acceptors (Lipinski definition) is 4. The minimum atomic E-state index is -3.04. The Hall–Kier alpha value is -1.85. The van der Waals surface area contributed by atoms with Gasteiger partial charge >= 0.3 is 0 Å². The first-order valence-corrected chi connectivity index (χ1v) is 8.98. The third-order valence-corrected chi connectivity index (χ3v) is 5.21. The van der Waals surface area contributed by atoms with Gasteiger partial charge in [0.2, 0.25) is 0 Å². The average Bonchev–Trinajstić information content (AvgIpc) is 2.51. The van der Waals surface area contributed by atoms with Crippen LogP contribution in [-0.4, -0.2) is 19.9 Å². The van der Waals surface area contributed by atoms with E-state index in [1.165, 1.54) is 0 Å². The van der Waals surface area contributed by atoms with E-state index in [0.717, 1.165) is 16.7 Å². The maximum absolute atomic E-state index is 11.6. The first-order valence-electron chi connectivity index (χ1n) is 6.78. The molecule has 4 nitrogen and oxygen atoms in total. The molecule has 0 heterocycles. The van der Waals surface area contributed by atoms with Gasteiger partial charge in [-0.25, -0.2) is 8.42 Å². The highest BCUT2D eigenvalue weighted by Crippen LogP contribution is 2.16. The van der Waals surface area contributed by atoms with Crippen LogP contribution in [0.4, 0.5) is 0 Å². The van der Waals surface area contributed by atoms with Gasteiger partial charge in [0.1, 0.15) is 0 Å². The zero-order chi connectivity index (χ0) is 16.2. The smallest absolute Gasteiger partial charge is 0.154 e. The number of nitrogens with zero attached hydrogens (tertiary/aromatic N) is 1. The quantitative estimate of drug-likeness (QED) is 0.518. The van der Waals surface area contributed by atoms with Crippen LogP contribution in [0.2, 0.25) is 5.02 Å². The van der Waals surface area contributed by atoms with Crippen molar-refractivity contribution >= 4 is 27.1 Å². The highest BCUT2D eigenvalue weighted by Gasteiger charge is 2.11. The topological polar surface area (TPSA) is 72.5 Å². The number of hydrazone groups is 1. The Morgan fingerprint density at radius 1 is 1.05 bits per heavy atom. The highest BCUT2D eigenvalue weighted by atomic mass is 35.5. The van der Waals surface area contributed by atoms with E-state index in [0.29, 0.717) is 10.7 Å². The molecule has 0 saturated carbocycles. The molecule has 116 valence electrons. The zero-order valence-electron chi connectivity index (χ0n) is 12.2. The van der Waals surface area contributed by atoms with Crippen LogP contribution in [0.3, 0.4) is 0 Å². The van der Waals surface area contributed by atoms with Crippen LogP contribution in [0.25, 0.3) is 0 Å². The molecule has 6 heteroatoms. The lowest BCUT2D eigenvalue weighted by atomic mass is 10.0. The molecule has 2 aromatic carbocycles. The van der Waals surface area contributed by atoms with Gasteiger partial charge in [-0.05, 0) is 17.7 Å². The summed E-state index contributed by atoms with van der Waals surface area (Å²) in [5, 5.41) is 4.47. The van der Waals surface area contributed by atoms with Crippen molar-refractivity contribution < 1.29 is 8.42 Å². The second kappa shape index (κ2) is 6.94. The molecule has 2 aromatic rings. The molecule has 0 fully saturated rings. The summed E-state index contributed by atoms with van der Waals surface area (Å²) in [7, 11) is -3.04. The largest absolute Gasteiger partial charge is 0.323 e. The molecule has 22 heavy (non-hydrogen) atoms. The molecule has 0 aliphatic carbocycles. The third-order valence-electron chi connectivity index (χ3n) is 3.30. The Kier molecular flexibility index (Phi) is 5.21. The fourth-order valence-corrected chi connectivity index (χ4v) is 3.07. The van der Waals surface area contributed by atoms with Gasteiger partial charge in [-0.1, -0.05) is 54.9 Å². The Balaban J connectivity index is 2.27. The number of halogens is 1. The van der Waals surface area contributed by atoms with Gasteiger partial charge in [0, 0.05) is 21.9 Å². The van der Waals surface area contributed by atoms with Crippen molar-refractivity contribution in [2.45, 2.75) is 12.7 Å². The van der Waals surface area contributed by atoms with Gasteiger partial charge < -0.3 is 5.84 Å². The molecular weight excluding hydrogens is 320 g/mol. The molecule has 2 rings (SSSR count). The third kappa shape index (κ3) is 4.08. The van der Waals surface area contributed by atoms with Crippen LogP contribution in [0.5, 0.6) is 0 Å². The highest BCUT2D eigenvalue weighted by molar-refractivity contribution is 7.90. The minimum Gasteiger partial charge on any atom is -0.323 e. The summed E-state index contributed by atoms with van der Waals surface area (Å²) in [5.41, 5.74) is 3.04. The van der Waals surface area contributed by atoms with Crippen LogP contribution in [0.1, 0.15) is 23.6 Å². The number of sulfone groups is 1. The van der Waals surface area contributed by atoms with Gasteiger partial charge in [-0.2, -0.15) is 5.10 Å².